The van der Waals surface area contributed by atoms with Crippen LogP contribution in [0.1, 0.15) is 41.8 Å². The van der Waals surface area contributed by atoms with E-state index in [1.165, 1.54) is 19.1 Å². The molecular formula is C13H15Cl2FO3S. The van der Waals surface area contributed by atoms with E-state index < -0.39 is 21.4 Å². The van der Waals surface area contributed by atoms with Gasteiger partial charge in [-0.2, -0.15) is 0 Å². The second-order valence-electron chi connectivity index (χ2n) is 4.43. The maximum atomic E-state index is 13.9. The van der Waals surface area contributed by atoms with Gasteiger partial charge in [-0.25, -0.2) is 9.18 Å². The minimum Gasteiger partial charge on any atom is -0.478 e. The Kier molecular flexibility index (Phi) is 5.58. The standard InChI is InChI=1S/C13H15Cl2FO3S/c1-4-7(2)20(19)11-8(3)9(12(17)18)5-6-10(11)13(14,15)16/h5-7H,4H2,1-3H3,(H,17,18)/t7-,20+/m0/s1. The number of benzene rings is 1. The topological polar surface area (TPSA) is 54.4 Å². The van der Waals surface area contributed by atoms with E-state index in [0.717, 1.165) is 0 Å². The lowest BCUT2D eigenvalue weighted by Crippen LogP contribution is -2.18. The lowest BCUT2D eigenvalue weighted by Gasteiger charge is -2.20. The third-order valence-electron chi connectivity index (χ3n) is 3.08. The van der Waals surface area contributed by atoms with Crippen molar-refractivity contribution in [3.8, 4) is 0 Å². The summed E-state index contributed by atoms with van der Waals surface area (Å²) in [6.45, 7) is 5.04. The van der Waals surface area contributed by atoms with E-state index >= 15 is 0 Å². The SMILES string of the molecule is CC[C@H](C)[S@@](=O)c1c(C(F)(Cl)Cl)ccc(C(=O)O)c1C. The van der Waals surface area contributed by atoms with Gasteiger partial charge in [-0.05, 0) is 25.0 Å². The average molecular weight is 341 g/mol. The molecule has 0 aromatic heterocycles. The first-order chi connectivity index (χ1) is 9.11. The molecule has 7 heteroatoms. The molecule has 112 valence electrons. The highest BCUT2D eigenvalue weighted by molar-refractivity contribution is 7.85. The van der Waals surface area contributed by atoms with E-state index in [1.807, 2.05) is 6.92 Å². The number of carboxylic acids is 1. The van der Waals surface area contributed by atoms with Crippen molar-refractivity contribution < 1.29 is 18.5 Å². The monoisotopic (exact) mass is 340 g/mol. The molecule has 0 aliphatic rings. The van der Waals surface area contributed by atoms with Crippen LogP contribution < -0.4 is 0 Å². The van der Waals surface area contributed by atoms with E-state index in [9.17, 15) is 13.4 Å². The normalized spacial score (nSPS) is 14.9. The third-order valence-corrected chi connectivity index (χ3v) is 5.48. The predicted octanol–water partition coefficient (Wildman–Crippen LogP) is 4.16. The van der Waals surface area contributed by atoms with Gasteiger partial charge in [-0.1, -0.05) is 43.1 Å². The van der Waals surface area contributed by atoms with Gasteiger partial charge >= 0.3 is 5.97 Å². The number of carbonyl (C=O) groups is 1. The van der Waals surface area contributed by atoms with Crippen molar-refractivity contribution in [3.63, 3.8) is 0 Å². The molecule has 0 saturated carbocycles. The van der Waals surface area contributed by atoms with E-state index in [2.05, 4.69) is 0 Å². The molecule has 0 aliphatic carbocycles. The van der Waals surface area contributed by atoms with Crippen molar-refractivity contribution in [1.82, 2.24) is 0 Å². The molecule has 1 aromatic rings. The smallest absolute Gasteiger partial charge is 0.335 e. The number of aromatic carboxylic acids is 1. The average Bonchev–Trinajstić information content (AvgIpc) is 2.34. The lowest BCUT2D eigenvalue weighted by molar-refractivity contribution is 0.0695. The number of hydrogen-bond acceptors (Lipinski definition) is 2. The summed E-state index contributed by atoms with van der Waals surface area (Å²) in [5.74, 6) is -1.18. The largest absolute Gasteiger partial charge is 0.478 e. The summed E-state index contributed by atoms with van der Waals surface area (Å²) in [7, 11) is -1.60. The molecule has 1 aromatic carbocycles. The van der Waals surface area contributed by atoms with E-state index in [0.29, 0.717) is 6.42 Å². The maximum Gasteiger partial charge on any atom is 0.335 e. The predicted molar refractivity (Wildman–Crippen MR) is 78.8 cm³/mol. The summed E-state index contributed by atoms with van der Waals surface area (Å²) in [5, 5.41) is 8.83. The second-order valence-corrected chi connectivity index (χ2v) is 7.48. The van der Waals surface area contributed by atoms with Crippen LogP contribution in [0.25, 0.3) is 0 Å². The molecule has 1 rings (SSSR count). The fourth-order valence-electron chi connectivity index (χ4n) is 1.76. The van der Waals surface area contributed by atoms with Crippen LogP contribution in [-0.4, -0.2) is 20.5 Å². The van der Waals surface area contributed by atoms with Crippen LogP contribution in [0.3, 0.4) is 0 Å². The molecule has 0 saturated heterocycles. The summed E-state index contributed by atoms with van der Waals surface area (Å²) in [4.78, 5) is 11.2. The summed E-state index contributed by atoms with van der Waals surface area (Å²) in [5.41, 5.74) is 0.0110. The van der Waals surface area contributed by atoms with Gasteiger partial charge in [-0.15, -0.1) is 0 Å². The number of halogens is 3. The summed E-state index contributed by atoms with van der Waals surface area (Å²) >= 11 is 11.0. The molecule has 0 aliphatic heterocycles. The van der Waals surface area contributed by atoms with Gasteiger partial charge in [0, 0.05) is 10.8 Å². The van der Waals surface area contributed by atoms with Crippen molar-refractivity contribution in [3.05, 3.63) is 28.8 Å². The molecule has 20 heavy (non-hydrogen) atoms. The zero-order valence-corrected chi connectivity index (χ0v) is 13.6. The van der Waals surface area contributed by atoms with Gasteiger partial charge in [0.15, 0.2) is 0 Å². The number of carboxylic acid groups (broad SMARTS) is 1. The van der Waals surface area contributed by atoms with Gasteiger partial charge in [0.2, 0.25) is 0 Å². The van der Waals surface area contributed by atoms with Gasteiger partial charge < -0.3 is 5.11 Å². The van der Waals surface area contributed by atoms with Gasteiger partial charge in [0.05, 0.1) is 21.3 Å². The van der Waals surface area contributed by atoms with E-state index in [1.54, 1.807) is 6.92 Å². The van der Waals surface area contributed by atoms with Gasteiger partial charge in [0.25, 0.3) is 4.59 Å². The number of rotatable bonds is 5. The van der Waals surface area contributed by atoms with Crippen LogP contribution in [0.15, 0.2) is 17.0 Å². The number of alkyl halides is 3. The molecule has 0 radical (unpaired) electrons. The third kappa shape index (κ3) is 3.51. The fourth-order valence-corrected chi connectivity index (χ4v) is 3.73. The summed E-state index contributed by atoms with van der Waals surface area (Å²) in [6, 6.07) is 2.38. The molecule has 0 fully saturated rings. The van der Waals surface area contributed by atoms with Crippen molar-refractivity contribution in [2.45, 2.75) is 41.9 Å². The highest BCUT2D eigenvalue weighted by Crippen LogP contribution is 2.41. The molecule has 0 unspecified atom stereocenters. The van der Waals surface area contributed by atoms with E-state index in [-0.39, 0.29) is 26.8 Å². The molecule has 0 heterocycles. The molecule has 0 spiro atoms. The quantitative estimate of drug-likeness (QED) is 0.819. The van der Waals surface area contributed by atoms with Crippen molar-refractivity contribution >= 4 is 40.0 Å². The fraction of sp³-hybridized carbons (Fsp3) is 0.462. The van der Waals surface area contributed by atoms with E-state index in [4.69, 9.17) is 28.3 Å². The van der Waals surface area contributed by atoms with Crippen molar-refractivity contribution in [2.75, 3.05) is 0 Å². The van der Waals surface area contributed by atoms with Crippen LogP contribution in [0.2, 0.25) is 0 Å². The Morgan fingerprint density at radius 3 is 2.45 bits per heavy atom. The summed E-state index contributed by atoms with van der Waals surface area (Å²) < 4.78 is 23.6. The Morgan fingerprint density at radius 1 is 1.50 bits per heavy atom. The zero-order valence-electron chi connectivity index (χ0n) is 11.2. The molecule has 3 nitrogen and oxygen atoms in total. The van der Waals surface area contributed by atoms with Gasteiger partial charge in [0.1, 0.15) is 0 Å². The van der Waals surface area contributed by atoms with Crippen molar-refractivity contribution in [2.24, 2.45) is 0 Å². The first-order valence-corrected chi connectivity index (χ1v) is 7.92. The van der Waals surface area contributed by atoms with Gasteiger partial charge in [-0.3, -0.25) is 4.21 Å². The zero-order chi connectivity index (χ0) is 15.7. The van der Waals surface area contributed by atoms with Crippen LogP contribution in [0.5, 0.6) is 0 Å². The highest BCUT2D eigenvalue weighted by atomic mass is 35.5. The molecule has 1 N–H and O–H groups in total. The first-order valence-electron chi connectivity index (χ1n) is 5.95. The number of hydrogen-bond donors (Lipinski definition) is 1. The first kappa shape index (κ1) is 17.4. The molecule has 0 bridgehead atoms. The Balaban J connectivity index is 3.62. The van der Waals surface area contributed by atoms with Crippen LogP contribution in [0.4, 0.5) is 4.39 Å². The van der Waals surface area contributed by atoms with Crippen LogP contribution in [-0.2, 0) is 15.4 Å². The Hall–Kier alpha value is -0.650. The Labute approximate surface area is 129 Å². The highest BCUT2D eigenvalue weighted by Gasteiger charge is 2.33. The lowest BCUT2D eigenvalue weighted by atomic mass is 10.1. The minimum absolute atomic E-state index is 0.0435. The maximum absolute atomic E-state index is 13.9. The molecular weight excluding hydrogens is 326 g/mol. The minimum atomic E-state index is -2.72. The van der Waals surface area contributed by atoms with Crippen LogP contribution >= 0.6 is 23.2 Å². The van der Waals surface area contributed by atoms with Crippen LogP contribution in [0, 0.1) is 6.92 Å². The molecule has 2 atom stereocenters. The summed E-state index contributed by atoms with van der Waals surface area (Å²) in [6.07, 6.45) is 0.590. The second kappa shape index (κ2) is 6.41. The molecule has 0 amide bonds. The Bertz CT molecular complexity index is 555. The Morgan fingerprint density at radius 2 is 2.05 bits per heavy atom. The van der Waals surface area contributed by atoms with Crippen molar-refractivity contribution in [1.29, 1.82) is 0 Å².